The molecule has 0 spiro atoms. The van der Waals surface area contributed by atoms with Crippen LogP contribution in [0.1, 0.15) is 38.1 Å². The summed E-state index contributed by atoms with van der Waals surface area (Å²) in [5.74, 6) is 1.02. The summed E-state index contributed by atoms with van der Waals surface area (Å²) in [5.41, 5.74) is 0.591. The summed E-state index contributed by atoms with van der Waals surface area (Å²) in [6.45, 7) is 10.7. The number of carbonyl (C=O) groups is 1. The SMILES string of the molecule is CCN(/C=C/C(=O)c1cc(Br)ccc1OCC(C)C)CC. The molecular formula is C17H24BrNO2. The number of halogens is 1. The number of benzene rings is 1. The maximum absolute atomic E-state index is 12.4. The zero-order valence-corrected chi connectivity index (χ0v) is 14.8. The van der Waals surface area contributed by atoms with Crippen molar-refractivity contribution in [2.24, 2.45) is 5.92 Å². The highest BCUT2D eigenvalue weighted by Gasteiger charge is 2.12. The summed E-state index contributed by atoms with van der Waals surface area (Å²) >= 11 is 3.41. The molecule has 4 heteroatoms. The van der Waals surface area contributed by atoms with Crippen molar-refractivity contribution >= 4 is 21.7 Å². The molecule has 0 bridgehead atoms. The van der Waals surface area contributed by atoms with Gasteiger partial charge in [-0.15, -0.1) is 0 Å². The molecule has 0 radical (unpaired) electrons. The molecule has 0 saturated carbocycles. The predicted octanol–water partition coefficient (Wildman–Crippen LogP) is 4.52. The lowest BCUT2D eigenvalue weighted by Crippen LogP contribution is -2.16. The van der Waals surface area contributed by atoms with Gasteiger partial charge >= 0.3 is 0 Å². The van der Waals surface area contributed by atoms with Gasteiger partial charge in [-0.25, -0.2) is 0 Å². The molecule has 1 rings (SSSR count). The Morgan fingerprint density at radius 1 is 1.33 bits per heavy atom. The molecule has 0 atom stereocenters. The number of ether oxygens (including phenoxy) is 1. The van der Waals surface area contributed by atoms with Crippen LogP contribution in [0.2, 0.25) is 0 Å². The minimum Gasteiger partial charge on any atom is -0.493 e. The molecule has 21 heavy (non-hydrogen) atoms. The molecule has 0 fully saturated rings. The van der Waals surface area contributed by atoms with Gasteiger partial charge in [0.2, 0.25) is 0 Å². The first kappa shape index (κ1) is 17.8. The third kappa shape index (κ3) is 5.92. The lowest BCUT2D eigenvalue weighted by molar-refractivity contribution is 0.104. The van der Waals surface area contributed by atoms with Crippen LogP contribution in [0.4, 0.5) is 0 Å². The summed E-state index contributed by atoms with van der Waals surface area (Å²) < 4.78 is 6.62. The van der Waals surface area contributed by atoms with Crippen molar-refractivity contribution in [1.29, 1.82) is 0 Å². The first-order chi connectivity index (χ1) is 9.97. The van der Waals surface area contributed by atoms with Crippen LogP contribution in [0, 0.1) is 5.92 Å². The van der Waals surface area contributed by atoms with Crippen molar-refractivity contribution in [3.8, 4) is 5.75 Å². The number of nitrogens with zero attached hydrogens (tertiary/aromatic N) is 1. The van der Waals surface area contributed by atoms with Crippen molar-refractivity contribution in [2.75, 3.05) is 19.7 Å². The fourth-order valence-corrected chi connectivity index (χ4v) is 2.14. The van der Waals surface area contributed by atoms with Crippen LogP contribution in [-0.4, -0.2) is 30.4 Å². The normalized spacial score (nSPS) is 11.1. The number of carbonyl (C=O) groups excluding carboxylic acids is 1. The molecule has 116 valence electrons. The van der Waals surface area contributed by atoms with E-state index >= 15 is 0 Å². The van der Waals surface area contributed by atoms with Gasteiger partial charge in [0.25, 0.3) is 0 Å². The van der Waals surface area contributed by atoms with Crippen LogP contribution in [-0.2, 0) is 0 Å². The van der Waals surface area contributed by atoms with E-state index in [1.54, 1.807) is 6.08 Å². The van der Waals surface area contributed by atoms with Gasteiger partial charge in [-0.3, -0.25) is 4.79 Å². The quantitative estimate of drug-likeness (QED) is 0.508. The van der Waals surface area contributed by atoms with Crippen molar-refractivity contribution in [1.82, 2.24) is 4.90 Å². The highest BCUT2D eigenvalue weighted by molar-refractivity contribution is 9.10. The number of rotatable bonds is 8. The monoisotopic (exact) mass is 353 g/mol. The first-order valence-corrected chi connectivity index (χ1v) is 8.16. The molecule has 0 amide bonds. The minimum atomic E-state index is -0.0399. The summed E-state index contributed by atoms with van der Waals surface area (Å²) in [6.07, 6.45) is 3.45. The number of ketones is 1. The van der Waals surface area contributed by atoms with E-state index < -0.39 is 0 Å². The molecule has 0 heterocycles. The largest absolute Gasteiger partial charge is 0.493 e. The summed E-state index contributed by atoms with van der Waals surface area (Å²) in [6, 6.07) is 5.54. The van der Waals surface area contributed by atoms with Crippen molar-refractivity contribution < 1.29 is 9.53 Å². The fraction of sp³-hybridized carbons (Fsp3) is 0.471. The van der Waals surface area contributed by atoms with E-state index in [0.717, 1.165) is 17.6 Å². The summed E-state index contributed by atoms with van der Waals surface area (Å²) in [7, 11) is 0. The summed E-state index contributed by atoms with van der Waals surface area (Å²) in [4.78, 5) is 14.5. The van der Waals surface area contributed by atoms with Gasteiger partial charge in [0, 0.05) is 29.8 Å². The van der Waals surface area contributed by atoms with E-state index in [2.05, 4.69) is 48.5 Å². The van der Waals surface area contributed by atoms with Crippen LogP contribution in [0.3, 0.4) is 0 Å². The highest BCUT2D eigenvalue weighted by atomic mass is 79.9. The Morgan fingerprint density at radius 3 is 2.57 bits per heavy atom. The highest BCUT2D eigenvalue weighted by Crippen LogP contribution is 2.24. The van der Waals surface area contributed by atoms with Gasteiger partial charge in [0.05, 0.1) is 12.2 Å². The molecule has 0 aliphatic rings. The van der Waals surface area contributed by atoms with Crippen LogP contribution in [0.25, 0.3) is 0 Å². The molecule has 0 aliphatic carbocycles. The number of allylic oxidation sites excluding steroid dienone is 1. The number of hydrogen-bond donors (Lipinski definition) is 0. The fourth-order valence-electron chi connectivity index (χ4n) is 1.77. The van der Waals surface area contributed by atoms with Crippen molar-refractivity contribution in [3.63, 3.8) is 0 Å². The van der Waals surface area contributed by atoms with Gasteiger partial charge in [-0.2, -0.15) is 0 Å². The van der Waals surface area contributed by atoms with E-state index in [1.165, 1.54) is 0 Å². The molecule has 0 aliphatic heterocycles. The molecule has 1 aromatic carbocycles. The lowest BCUT2D eigenvalue weighted by atomic mass is 10.1. The molecule has 0 unspecified atom stereocenters. The van der Waals surface area contributed by atoms with Crippen molar-refractivity contribution in [3.05, 3.63) is 40.5 Å². The van der Waals surface area contributed by atoms with E-state index in [4.69, 9.17) is 4.74 Å². The lowest BCUT2D eigenvalue weighted by Gasteiger charge is -2.15. The zero-order chi connectivity index (χ0) is 15.8. The Bertz CT molecular complexity index is 494. The second kappa shape index (κ2) is 8.88. The summed E-state index contributed by atoms with van der Waals surface area (Å²) in [5, 5.41) is 0. The van der Waals surface area contributed by atoms with Gasteiger partial charge in [0.15, 0.2) is 5.78 Å². The standard InChI is InChI=1S/C17H24BrNO2/c1-5-19(6-2)10-9-16(20)15-11-14(18)7-8-17(15)21-12-13(3)4/h7-11,13H,5-6,12H2,1-4H3/b10-9+. The van der Waals surface area contributed by atoms with Gasteiger partial charge in [-0.1, -0.05) is 29.8 Å². The molecule has 0 N–H and O–H groups in total. The average Bonchev–Trinajstić information content (AvgIpc) is 2.46. The van der Waals surface area contributed by atoms with Crippen LogP contribution >= 0.6 is 15.9 Å². The Morgan fingerprint density at radius 2 is 2.00 bits per heavy atom. The van der Waals surface area contributed by atoms with E-state index in [9.17, 15) is 4.79 Å². The van der Waals surface area contributed by atoms with Crippen LogP contribution in [0.5, 0.6) is 5.75 Å². The molecule has 3 nitrogen and oxygen atoms in total. The zero-order valence-electron chi connectivity index (χ0n) is 13.2. The smallest absolute Gasteiger partial charge is 0.191 e. The van der Waals surface area contributed by atoms with Gasteiger partial charge < -0.3 is 9.64 Å². The first-order valence-electron chi connectivity index (χ1n) is 7.36. The molecule has 0 aromatic heterocycles. The topological polar surface area (TPSA) is 29.5 Å². The average molecular weight is 354 g/mol. The third-order valence-corrected chi connectivity index (χ3v) is 3.52. The van der Waals surface area contributed by atoms with Crippen molar-refractivity contribution in [2.45, 2.75) is 27.7 Å². The third-order valence-electron chi connectivity index (χ3n) is 3.03. The molecule has 0 saturated heterocycles. The Hall–Kier alpha value is -1.29. The Labute approximate surface area is 136 Å². The van der Waals surface area contributed by atoms with E-state index in [-0.39, 0.29) is 5.78 Å². The predicted molar refractivity (Wildman–Crippen MR) is 90.9 cm³/mol. The minimum absolute atomic E-state index is 0.0399. The number of hydrogen-bond acceptors (Lipinski definition) is 3. The second-order valence-corrected chi connectivity index (χ2v) is 6.16. The Balaban J connectivity index is 2.93. The molecular weight excluding hydrogens is 330 g/mol. The van der Waals surface area contributed by atoms with E-state index in [1.807, 2.05) is 24.4 Å². The van der Waals surface area contributed by atoms with Crippen LogP contribution < -0.4 is 4.74 Å². The Kier molecular flexibility index (Phi) is 7.51. The van der Waals surface area contributed by atoms with Gasteiger partial charge in [-0.05, 0) is 38.0 Å². The maximum atomic E-state index is 12.4. The second-order valence-electron chi connectivity index (χ2n) is 5.25. The molecule has 1 aromatic rings. The van der Waals surface area contributed by atoms with E-state index in [0.29, 0.717) is 23.8 Å². The van der Waals surface area contributed by atoms with Gasteiger partial charge in [0.1, 0.15) is 5.75 Å². The maximum Gasteiger partial charge on any atom is 0.191 e. The van der Waals surface area contributed by atoms with Crippen LogP contribution in [0.15, 0.2) is 34.9 Å².